The molecule has 0 spiro atoms. The number of anilines is 2. The van der Waals surface area contributed by atoms with E-state index in [1.165, 1.54) is 0 Å². The maximum Gasteiger partial charge on any atom is 0.274 e. The highest BCUT2D eigenvalue weighted by Gasteiger charge is 2.20. The Morgan fingerprint density at radius 2 is 1.91 bits per heavy atom. The van der Waals surface area contributed by atoms with Gasteiger partial charge in [-0.25, -0.2) is 0 Å². The molecule has 0 radical (unpaired) electrons. The summed E-state index contributed by atoms with van der Waals surface area (Å²) in [5.41, 5.74) is 1.54. The van der Waals surface area contributed by atoms with E-state index in [4.69, 9.17) is 5.26 Å². The van der Waals surface area contributed by atoms with Gasteiger partial charge < -0.3 is 10.2 Å². The van der Waals surface area contributed by atoms with Gasteiger partial charge in [0.05, 0.1) is 11.3 Å². The minimum Gasteiger partial charge on any atom is -0.338 e. The van der Waals surface area contributed by atoms with Gasteiger partial charge in [0, 0.05) is 13.1 Å². The molecule has 1 amide bonds. The number of hydrogen-bond acceptors (Lipinski definition) is 5. The number of aromatic nitrogens is 2. The lowest BCUT2D eigenvalue weighted by molar-refractivity contribution is 0.0786. The van der Waals surface area contributed by atoms with Gasteiger partial charge in [-0.05, 0) is 37.1 Å². The number of carbonyl (C=O) groups is 1. The number of amides is 1. The van der Waals surface area contributed by atoms with Crippen LogP contribution in [0.15, 0.2) is 36.4 Å². The predicted molar refractivity (Wildman–Crippen MR) is 81.6 cm³/mol. The van der Waals surface area contributed by atoms with Crippen LogP contribution in [0.4, 0.5) is 11.5 Å². The Labute approximate surface area is 128 Å². The van der Waals surface area contributed by atoms with Crippen molar-refractivity contribution >= 4 is 17.4 Å². The molecule has 0 bridgehead atoms. The van der Waals surface area contributed by atoms with Gasteiger partial charge in [-0.2, -0.15) is 5.26 Å². The van der Waals surface area contributed by atoms with Crippen LogP contribution in [-0.2, 0) is 0 Å². The van der Waals surface area contributed by atoms with Crippen LogP contribution in [0.2, 0.25) is 0 Å². The Bertz CT molecular complexity index is 714. The van der Waals surface area contributed by atoms with Gasteiger partial charge in [0.15, 0.2) is 11.5 Å². The molecule has 0 unspecified atom stereocenters. The van der Waals surface area contributed by atoms with Crippen LogP contribution in [-0.4, -0.2) is 34.1 Å². The fourth-order valence-electron chi connectivity index (χ4n) is 2.42. The van der Waals surface area contributed by atoms with Crippen molar-refractivity contribution in [3.05, 3.63) is 47.7 Å². The van der Waals surface area contributed by atoms with Gasteiger partial charge >= 0.3 is 0 Å². The van der Waals surface area contributed by atoms with Crippen LogP contribution in [0.25, 0.3) is 0 Å². The molecule has 1 aromatic heterocycles. The van der Waals surface area contributed by atoms with Crippen LogP contribution in [0, 0.1) is 11.3 Å². The summed E-state index contributed by atoms with van der Waals surface area (Å²) in [6, 6.07) is 12.6. The summed E-state index contributed by atoms with van der Waals surface area (Å²) >= 11 is 0. The zero-order chi connectivity index (χ0) is 15.4. The third kappa shape index (κ3) is 2.88. The second-order valence-electron chi connectivity index (χ2n) is 5.09. The van der Waals surface area contributed by atoms with E-state index in [9.17, 15) is 4.79 Å². The van der Waals surface area contributed by atoms with Crippen molar-refractivity contribution in [2.45, 2.75) is 12.8 Å². The second-order valence-corrected chi connectivity index (χ2v) is 5.09. The average Bonchev–Trinajstić information content (AvgIpc) is 3.10. The molecule has 3 rings (SSSR count). The topological polar surface area (TPSA) is 81.9 Å². The van der Waals surface area contributed by atoms with Crippen molar-refractivity contribution in [1.29, 1.82) is 5.26 Å². The highest BCUT2D eigenvalue weighted by molar-refractivity contribution is 5.92. The predicted octanol–water partition coefficient (Wildman–Crippen LogP) is 2.33. The Balaban J connectivity index is 1.74. The first-order valence-corrected chi connectivity index (χ1v) is 7.17. The highest BCUT2D eigenvalue weighted by atomic mass is 16.2. The maximum absolute atomic E-state index is 12.2. The van der Waals surface area contributed by atoms with E-state index in [1.807, 2.05) is 6.07 Å². The molecule has 0 aliphatic carbocycles. The largest absolute Gasteiger partial charge is 0.338 e. The van der Waals surface area contributed by atoms with E-state index in [0.717, 1.165) is 25.9 Å². The number of para-hydroxylation sites is 1. The van der Waals surface area contributed by atoms with E-state index in [1.54, 1.807) is 35.2 Å². The molecule has 0 atom stereocenters. The number of nitrogens with one attached hydrogen (secondary N) is 1. The summed E-state index contributed by atoms with van der Waals surface area (Å²) in [4.78, 5) is 14.0. The third-order valence-electron chi connectivity index (χ3n) is 3.59. The van der Waals surface area contributed by atoms with Gasteiger partial charge in [-0.3, -0.25) is 4.79 Å². The Morgan fingerprint density at radius 3 is 2.59 bits per heavy atom. The quantitative estimate of drug-likeness (QED) is 0.939. The molecule has 1 aromatic carbocycles. The lowest BCUT2D eigenvalue weighted by atomic mass is 10.2. The van der Waals surface area contributed by atoms with E-state index < -0.39 is 0 Å². The molecule has 0 saturated carbocycles. The first-order chi connectivity index (χ1) is 10.8. The molecular formula is C16H15N5O. The Hall–Kier alpha value is -2.94. The minimum absolute atomic E-state index is 0.0750. The van der Waals surface area contributed by atoms with Crippen LogP contribution in [0.1, 0.15) is 28.9 Å². The molecule has 6 nitrogen and oxygen atoms in total. The smallest absolute Gasteiger partial charge is 0.274 e. The number of benzene rings is 1. The normalized spacial score (nSPS) is 13.7. The molecule has 110 valence electrons. The average molecular weight is 293 g/mol. The van der Waals surface area contributed by atoms with E-state index >= 15 is 0 Å². The van der Waals surface area contributed by atoms with Gasteiger partial charge in [-0.15, -0.1) is 10.2 Å². The molecule has 2 aromatic rings. The van der Waals surface area contributed by atoms with Crippen molar-refractivity contribution in [1.82, 2.24) is 15.1 Å². The third-order valence-corrected chi connectivity index (χ3v) is 3.59. The molecule has 1 fully saturated rings. The van der Waals surface area contributed by atoms with Crippen molar-refractivity contribution in [3.63, 3.8) is 0 Å². The fourth-order valence-corrected chi connectivity index (χ4v) is 2.42. The zero-order valence-corrected chi connectivity index (χ0v) is 12.0. The van der Waals surface area contributed by atoms with Crippen molar-refractivity contribution in [2.24, 2.45) is 0 Å². The van der Waals surface area contributed by atoms with Crippen LogP contribution < -0.4 is 5.32 Å². The monoisotopic (exact) mass is 293 g/mol. The minimum atomic E-state index is -0.0750. The van der Waals surface area contributed by atoms with Gasteiger partial charge in [0.2, 0.25) is 0 Å². The number of nitriles is 1. The molecule has 1 aliphatic rings. The maximum atomic E-state index is 12.2. The number of likely N-dealkylation sites (tertiary alicyclic amines) is 1. The first-order valence-electron chi connectivity index (χ1n) is 7.17. The van der Waals surface area contributed by atoms with Crippen LogP contribution >= 0.6 is 0 Å². The lowest BCUT2D eigenvalue weighted by Gasteiger charge is -2.14. The second kappa shape index (κ2) is 6.22. The SMILES string of the molecule is N#Cc1ccccc1Nc1ccc(C(=O)N2CCCC2)nn1. The molecular weight excluding hydrogens is 278 g/mol. The molecule has 2 heterocycles. The van der Waals surface area contributed by atoms with Crippen LogP contribution in [0.5, 0.6) is 0 Å². The fraction of sp³-hybridized carbons (Fsp3) is 0.250. The molecule has 1 N–H and O–H groups in total. The lowest BCUT2D eigenvalue weighted by Crippen LogP contribution is -2.28. The summed E-state index contributed by atoms with van der Waals surface area (Å²) in [7, 11) is 0. The summed E-state index contributed by atoms with van der Waals surface area (Å²) in [6.07, 6.45) is 2.09. The molecule has 1 aliphatic heterocycles. The number of nitrogens with zero attached hydrogens (tertiary/aromatic N) is 4. The summed E-state index contributed by atoms with van der Waals surface area (Å²) in [6.45, 7) is 1.58. The van der Waals surface area contributed by atoms with E-state index in [0.29, 0.717) is 22.8 Å². The Kier molecular flexibility index (Phi) is 3.97. The first kappa shape index (κ1) is 14.0. The molecule has 6 heteroatoms. The standard InChI is InChI=1S/C16H15N5O/c17-11-12-5-1-2-6-13(12)18-15-8-7-14(19-20-15)16(22)21-9-3-4-10-21/h1-2,5-8H,3-4,9-10H2,(H,18,20). The Morgan fingerprint density at radius 1 is 1.14 bits per heavy atom. The highest BCUT2D eigenvalue weighted by Crippen LogP contribution is 2.18. The van der Waals surface area contributed by atoms with Crippen molar-refractivity contribution < 1.29 is 4.79 Å². The zero-order valence-electron chi connectivity index (χ0n) is 12.0. The van der Waals surface area contributed by atoms with Crippen LogP contribution in [0.3, 0.4) is 0 Å². The molecule has 22 heavy (non-hydrogen) atoms. The number of rotatable bonds is 3. The van der Waals surface area contributed by atoms with Crippen molar-refractivity contribution in [3.8, 4) is 6.07 Å². The van der Waals surface area contributed by atoms with Gasteiger partial charge in [0.1, 0.15) is 6.07 Å². The number of carbonyl (C=O) groups excluding carboxylic acids is 1. The van der Waals surface area contributed by atoms with E-state index in [2.05, 4.69) is 21.6 Å². The summed E-state index contributed by atoms with van der Waals surface area (Å²) < 4.78 is 0. The molecule has 1 saturated heterocycles. The van der Waals surface area contributed by atoms with Gasteiger partial charge in [0.25, 0.3) is 5.91 Å². The van der Waals surface area contributed by atoms with Gasteiger partial charge in [-0.1, -0.05) is 12.1 Å². The summed E-state index contributed by atoms with van der Waals surface area (Å²) in [5.74, 6) is 0.426. The van der Waals surface area contributed by atoms with Crippen molar-refractivity contribution in [2.75, 3.05) is 18.4 Å². The number of hydrogen-bond donors (Lipinski definition) is 1. The summed E-state index contributed by atoms with van der Waals surface area (Å²) in [5, 5.41) is 20.1. The van der Waals surface area contributed by atoms with E-state index in [-0.39, 0.29) is 5.91 Å².